The molecule has 0 spiro atoms. The number of benzene rings is 4. The molecule has 1 amide bonds. The van der Waals surface area contributed by atoms with E-state index in [1.54, 1.807) is 0 Å². The van der Waals surface area contributed by atoms with Gasteiger partial charge in [0.15, 0.2) is 11.6 Å². The first kappa shape index (κ1) is 27.8. The normalized spacial score (nSPS) is 18.1. The quantitative estimate of drug-likeness (QED) is 0.100. The predicted octanol–water partition coefficient (Wildman–Crippen LogP) is 5.47. The van der Waals surface area contributed by atoms with Crippen LogP contribution in [-0.2, 0) is 9.53 Å². The second-order valence-electron chi connectivity index (χ2n) is 9.77. The fourth-order valence-corrected chi connectivity index (χ4v) is 4.86. The highest BCUT2D eigenvalue weighted by Crippen LogP contribution is 2.43. The Bertz CT molecular complexity index is 1490. The second-order valence-corrected chi connectivity index (χ2v) is 9.77. The van der Waals surface area contributed by atoms with Crippen LogP contribution in [0.15, 0.2) is 120 Å². The minimum atomic E-state index is -1.33. The number of aliphatic imine (C=N–C) groups is 1. The molecule has 0 aromatic heterocycles. The molecule has 7 heteroatoms. The van der Waals surface area contributed by atoms with E-state index < -0.39 is 17.6 Å². The van der Waals surface area contributed by atoms with E-state index in [0.29, 0.717) is 30.2 Å². The van der Waals surface area contributed by atoms with Gasteiger partial charge < -0.3 is 14.6 Å². The van der Waals surface area contributed by atoms with Gasteiger partial charge in [0.2, 0.25) is 5.90 Å². The number of amides is 1. The van der Waals surface area contributed by atoms with Gasteiger partial charge in [0.05, 0.1) is 6.61 Å². The largest absolute Gasteiger partial charge is 0.494 e. The van der Waals surface area contributed by atoms with Gasteiger partial charge >= 0.3 is 0 Å². The molecule has 41 heavy (non-hydrogen) atoms. The first-order chi connectivity index (χ1) is 20.1. The van der Waals surface area contributed by atoms with Crippen molar-refractivity contribution in [2.75, 3.05) is 13.2 Å². The summed E-state index contributed by atoms with van der Waals surface area (Å²) in [7, 11) is 0. The average molecular weight is 548 g/mol. The third-order valence-electron chi connectivity index (χ3n) is 7.02. The summed E-state index contributed by atoms with van der Waals surface area (Å²) in [5.74, 6) is 6.32. The van der Waals surface area contributed by atoms with Crippen molar-refractivity contribution in [1.82, 2.24) is 5.43 Å². The van der Waals surface area contributed by atoms with Crippen LogP contribution in [-0.4, -0.2) is 35.7 Å². The van der Waals surface area contributed by atoms with Crippen LogP contribution in [0.25, 0.3) is 17.2 Å². The number of nitrogens with two attached hydrogens (primary N) is 1. The molecule has 4 aromatic carbocycles. The SMILES string of the molecule is NNC(=O)[C@@]1(C/C=C/c2ccccc2)N=C(c2ccc(OCCCO)cc2)O[C@H]1c1ccc(-c2ccccc2)cc1. The molecule has 4 N–H and O–H groups in total. The van der Waals surface area contributed by atoms with Gasteiger partial charge in [-0.1, -0.05) is 97.1 Å². The van der Waals surface area contributed by atoms with Crippen molar-refractivity contribution in [3.8, 4) is 16.9 Å². The molecule has 0 saturated carbocycles. The summed E-state index contributed by atoms with van der Waals surface area (Å²) in [5.41, 5.74) is 5.70. The van der Waals surface area contributed by atoms with Gasteiger partial charge in [-0.15, -0.1) is 0 Å². The van der Waals surface area contributed by atoms with E-state index >= 15 is 0 Å². The van der Waals surface area contributed by atoms with Crippen molar-refractivity contribution >= 4 is 17.9 Å². The number of rotatable bonds is 11. The summed E-state index contributed by atoms with van der Waals surface area (Å²) in [6, 6.07) is 35.3. The maximum absolute atomic E-state index is 13.5. The zero-order valence-electron chi connectivity index (χ0n) is 22.6. The molecule has 5 rings (SSSR count). The zero-order valence-corrected chi connectivity index (χ0v) is 22.6. The molecule has 0 saturated heterocycles. The predicted molar refractivity (Wildman–Crippen MR) is 161 cm³/mol. The van der Waals surface area contributed by atoms with Crippen molar-refractivity contribution < 1.29 is 19.4 Å². The van der Waals surface area contributed by atoms with Crippen LogP contribution >= 0.6 is 0 Å². The average Bonchev–Trinajstić information content (AvgIpc) is 3.43. The van der Waals surface area contributed by atoms with Crippen LogP contribution in [0, 0.1) is 0 Å². The summed E-state index contributed by atoms with van der Waals surface area (Å²) in [6.45, 7) is 0.488. The number of hydrogen-bond donors (Lipinski definition) is 3. The van der Waals surface area contributed by atoms with Crippen molar-refractivity contribution in [3.63, 3.8) is 0 Å². The Labute approximate surface area is 239 Å². The third-order valence-corrected chi connectivity index (χ3v) is 7.02. The lowest BCUT2D eigenvalue weighted by atomic mass is 9.84. The fraction of sp³-hybridized carbons (Fsp3) is 0.176. The Morgan fingerprint density at radius 1 is 0.902 bits per heavy atom. The van der Waals surface area contributed by atoms with E-state index in [2.05, 4.69) is 17.6 Å². The Morgan fingerprint density at radius 2 is 1.54 bits per heavy atom. The lowest BCUT2D eigenvalue weighted by Gasteiger charge is -2.29. The summed E-state index contributed by atoms with van der Waals surface area (Å²) in [5, 5.41) is 9.01. The van der Waals surface area contributed by atoms with E-state index in [9.17, 15) is 4.79 Å². The summed E-state index contributed by atoms with van der Waals surface area (Å²) >= 11 is 0. The van der Waals surface area contributed by atoms with Crippen molar-refractivity contribution in [1.29, 1.82) is 0 Å². The maximum Gasteiger partial charge on any atom is 0.266 e. The number of carbonyl (C=O) groups excluding carboxylic acids is 1. The highest BCUT2D eigenvalue weighted by atomic mass is 16.5. The first-order valence-electron chi connectivity index (χ1n) is 13.6. The van der Waals surface area contributed by atoms with E-state index in [1.807, 2.05) is 109 Å². The summed E-state index contributed by atoms with van der Waals surface area (Å²) in [6.07, 6.45) is 4.00. The standard InChI is InChI=1S/C34H33N3O4/c35-37-33(39)34(22-7-11-25-9-3-1-4-10-25)31(28-16-14-27(15-17-28)26-12-5-2-6-13-26)41-32(36-34)29-18-20-30(21-19-29)40-24-8-23-38/h1-7,9-21,31,38H,8,22-24,35H2,(H,37,39)/b11-7+/t31-,34-/m0/s1. The number of ether oxygens (including phenoxy) is 2. The lowest BCUT2D eigenvalue weighted by molar-refractivity contribution is -0.128. The van der Waals surface area contributed by atoms with Crippen molar-refractivity contribution in [2.45, 2.75) is 24.5 Å². The molecule has 208 valence electrons. The molecule has 7 nitrogen and oxygen atoms in total. The maximum atomic E-state index is 13.5. The molecular formula is C34H33N3O4. The summed E-state index contributed by atoms with van der Waals surface area (Å²) in [4.78, 5) is 18.4. The van der Waals surface area contributed by atoms with E-state index in [-0.39, 0.29) is 13.0 Å². The minimum Gasteiger partial charge on any atom is -0.494 e. The number of nitrogens with zero attached hydrogens (tertiary/aromatic N) is 1. The van der Waals surface area contributed by atoms with Gasteiger partial charge in [-0.2, -0.15) is 0 Å². The van der Waals surface area contributed by atoms with Crippen molar-refractivity contribution in [3.05, 3.63) is 132 Å². The van der Waals surface area contributed by atoms with Crippen LogP contribution in [0.3, 0.4) is 0 Å². The Hall–Kier alpha value is -4.72. The highest BCUT2D eigenvalue weighted by Gasteiger charge is 2.52. The fourth-order valence-electron chi connectivity index (χ4n) is 4.86. The monoisotopic (exact) mass is 547 g/mol. The van der Waals surface area contributed by atoms with Gasteiger partial charge in [-0.05, 0) is 46.5 Å². The number of hydrogen-bond acceptors (Lipinski definition) is 6. The van der Waals surface area contributed by atoms with E-state index in [0.717, 1.165) is 22.3 Å². The number of nitrogens with one attached hydrogen (secondary N) is 1. The topological polar surface area (TPSA) is 106 Å². The van der Waals surface area contributed by atoms with Crippen LogP contribution in [0.2, 0.25) is 0 Å². The smallest absolute Gasteiger partial charge is 0.266 e. The zero-order chi connectivity index (χ0) is 28.5. The van der Waals surface area contributed by atoms with Crippen LogP contribution < -0.4 is 16.0 Å². The Morgan fingerprint density at radius 3 is 2.20 bits per heavy atom. The molecule has 0 radical (unpaired) electrons. The van der Waals surface area contributed by atoms with Gasteiger partial charge in [0.1, 0.15) is 5.75 Å². The molecule has 2 atom stereocenters. The van der Waals surface area contributed by atoms with Gasteiger partial charge in [0.25, 0.3) is 5.91 Å². The molecule has 4 aromatic rings. The molecule has 1 heterocycles. The number of carbonyl (C=O) groups is 1. The molecule has 0 aliphatic carbocycles. The molecular weight excluding hydrogens is 514 g/mol. The molecule has 0 fully saturated rings. The summed E-state index contributed by atoms with van der Waals surface area (Å²) < 4.78 is 12.1. The minimum absolute atomic E-state index is 0.0699. The number of hydrazine groups is 1. The Balaban J connectivity index is 1.50. The second kappa shape index (κ2) is 13.1. The van der Waals surface area contributed by atoms with Gasteiger partial charge in [0, 0.05) is 25.0 Å². The van der Waals surface area contributed by atoms with E-state index in [1.165, 1.54) is 0 Å². The number of aliphatic hydroxyl groups is 1. The molecule has 0 unspecified atom stereocenters. The highest BCUT2D eigenvalue weighted by molar-refractivity contribution is 6.01. The first-order valence-corrected chi connectivity index (χ1v) is 13.6. The molecule has 1 aliphatic rings. The molecule has 1 aliphatic heterocycles. The molecule has 0 bridgehead atoms. The van der Waals surface area contributed by atoms with Crippen LogP contribution in [0.5, 0.6) is 5.75 Å². The third kappa shape index (κ3) is 6.38. The van der Waals surface area contributed by atoms with Gasteiger partial charge in [-0.25, -0.2) is 10.8 Å². The van der Waals surface area contributed by atoms with Crippen LogP contribution in [0.1, 0.15) is 35.6 Å². The lowest BCUT2D eigenvalue weighted by Crippen LogP contribution is -2.50. The van der Waals surface area contributed by atoms with Crippen LogP contribution in [0.4, 0.5) is 0 Å². The Kier molecular flexibility index (Phi) is 8.89. The van der Waals surface area contributed by atoms with E-state index in [4.69, 9.17) is 25.4 Å². The van der Waals surface area contributed by atoms with Crippen molar-refractivity contribution in [2.24, 2.45) is 10.8 Å². The van der Waals surface area contributed by atoms with Gasteiger partial charge in [-0.3, -0.25) is 10.2 Å². The number of aliphatic hydroxyl groups excluding tert-OH is 1.